The Hall–Kier alpha value is -2.20. The fourth-order valence-corrected chi connectivity index (χ4v) is 1.56. The Kier molecular flexibility index (Phi) is 7.11. The zero-order chi connectivity index (χ0) is 18.2. The third-order valence-electron chi connectivity index (χ3n) is 2.59. The molecule has 1 rings (SSSR count). The quantitative estimate of drug-likeness (QED) is 0.466. The number of pyridine rings is 1. The lowest BCUT2D eigenvalue weighted by Gasteiger charge is -2.15. The molecule has 1 aromatic heterocycles. The largest absolute Gasteiger partial charge is 0.468 e. The van der Waals surface area contributed by atoms with Crippen LogP contribution >= 0.6 is 0 Å². The monoisotopic (exact) mass is 358 g/mol. The molecular formula is C13H16F6N4O. The van der Waals surface area contributed by atoms with Gasteiger partial charge in [0.15, 0.2) is 12.6 Å². The summed E-state index contributed by atoms with van der Waals surface area (Å²) in [6.07, 6.45) is -8.57. The van der Waals surface area contributed by atoms with Crippen LogP contribution in [0.15, 0.2) is 23.3 Å². The summed E-state index contributed by atoms with van der Waals surface area (Å²) in [5.74, 6) is -0.141. The number of nitrogens with one attached hydrogen (secondary N) is 2. The second-order valence-corrected chi connectivity index (χ2v) is 4.59. The number of guanidine groups is 1. The standard InChI is InChI=1S/C13H16F6N4O/c1-20-11(22-6-4-12(14,15)16)23-7-9-3-2-5-21-10(9)24-8-13(17,18)19/h2-3,5H,4,6-8H2,1H3,(H2,20,22,23). The summed E-state index contributed by atoms with van der Waals surface area (Å²) in [6.45, 7) is -1.89. The van der Waals surface area contributed by atoms with Gasteiger partial charge >= 0.3 is 12.4 Å². The van der Waals surface area contributed by atoms with Gasteiger partial charge in [0.05, 0.1) is 6.42 Å². The molecule has 11 heteroatoms. The van der Waals surface area contributed by atoms with Gasteiger partial charge in [0.1, 0.15) is 0 Å². The zero-order valence-electron chi connectivity index (χ0n) is 12.6. The molecule has 0 saturated heterocycles. The smallest absolute Gasteiger partial charge is 0.422 e. The maximum absolute atomic E-state index is 12.2. The summed E-state index contributed by atoms with van der Waals surface area (Å²) in [5.41, 5.74) is 0.306. The molecule has 0 aromatic carbocycles. The van der Waals surface area contributed by atoms with Gasteiger partial charge < -0.3 is 15.4 Å². The molecule has 0 aliphatic rings. The molecule has 5 nitrogen and oxygen atoms in total. The summed E-state index contributed by atoms with van der Waals surface area (Å²) in [4.78, 5) is 7.43. The van der Waals surface area contributed by atoms with Crippen molar-refractivity contribution in [2.75, 3.05) is 20.2 Å². The molecule has 0 radical (unpaired) electrons. The minimum Gasteiger partial charge on any atom is -0.468 e. The topological polar surface area (TPSA) is 58.5 Å². The lowest BCUT2D eigenvalue weighted by atomic mass is 10.2. The van der Waals surface area contributed by atoms with Crippen molar-refractivity contribution in [3.8, 4) is 5.88 Å². The first-order chi connectivity index (χ1) is 11.1. The fraction of sp³-hybridized carbons (Fsp3) is 0.538. The van der Waals surface area contributed by atoms with Crippen LogP contribution in [0.5, 0.6) is 5.88 Å². The Morgan fingerprint density at radius 1 is 1.17 bits per heavy atom. The van der Waals surface area contributed by atoms with Crippen LogP contribution in [0.2, 0.25) is 0 Å². The molecule has 0 unspecified atom stereocenters. The summed E-state index contributed by atoms with van der Waals surface area (Å²) in [6, 6.07) is 2.98. The molecule has 24 heavy (non-hydrogen) atoms. The van der Waals surface area contributed by atoms with Gasteiger partial charge in [-0.3, -0.25) is 4.99 Å². The second kappa shape index (κ2) is 8.60. The van der Waals surface area contributed by atoms with Crippen LogP contribution in [0.4, 0.5) is 26.3 Å². The normalized spacial score (nSPS) is 12.9. The number of aliphatic imine (C=N–C) groups is 1. The minimum atomic E-state index is -4.50. The van der Waals surface area contributed by atoms with Crippen molar-refractivity contribution in [1.82, 2.24) is 15.6 Å². The van der Waals surface area contributed by atoms with Crippen LogP contribution in [0.1, 0.15) is 12.0 Å². The molecular weight excluding hydrogens is 342 g/mol. The highest BCUT2D eigenvalue weighted by Gasteiger charge is 2.29. The second-order valence-electron chi connectivity index (χ2n) is 4.59. The highest BCUT2D eigenvalue weighted by atomic mass is 19.4. The Bertz CT molecular complexity index is 544. The van der Waals surface area contributed by atoms with Crippen LogP contribution in [0.25, 0.3) is 0 Å². The Balaban J connectivity index is 2.56. The number of alkyl halides is 6. The van der Waals surface area contributed by atoms with Crippen LogP contribution in [0, 0.1) is 0 Å². The fourth-order valence-electron chi connectivity index (χ4n) is 1.56. The van der Waals surface area contributed by atoms with Crippen molar-refractivity contribution in [3.63, 3.8) is 0 Å². The highest BCUT2D eigenvalue weighted by Crippen LogP contribution is 2.20. The first kappa shape index (κ1) is 19.8. The van der Waals surface area contributed by atoms with E-state index in [9.17, 15) is 26.3 Å². The van der Waals surface area contributed by atoms with E-state index in [1.165, 1.54) is 25.4 Å². The number of ether oxygens (including phenoxy) is 1. The van der Waals surface area contributed by atoms with Gasteiger partial charge in [0.25, 0.3) is 0 Å². The highest BCUT2D eigenvalue weighted by molar-refractivity contribution is 5.79. The van der Waals surface area contributed by atoms with Gasteiger partial charge in [-0.15, -0.1) is 0 Å². The number of aromatic nitrogens is 1. The van der Waals surface area contributed by atoms with Crippen molar-refractivity contribution in [2.24, 2.45) is 4.99 Å². The van der Waals surface area contributed by atoms with Crippen LogP contribution < -0.4 is 15.4 Å². The molecule has 1 aromatic rings. The van der Waals surface area contributed by atoms with Crippen molar-refractivity contribution >= 4 is 5.96 Å². The molecule has 0 fully saturated rings. The van der Waals surface area contributed by atoms with Gasteiger partial charge in [-0.05, 0) is 6.07 Å². The first-order valence-corrected chi connectivity index (χ1v) is 6.75. The number of hydrogen-bond acceptors (Lipinski definition) is 3. The van der Waals surface area contributed by atoms with Gasteiger partial charge in [-0.25, -0.2) is 4.98 Å². The van der Waals surface area contributed by atoms with Crippen LogP contribution in [0.3, 0.4) is 0 Å². The SMILES string of the molecule is CN=C(NCCC(F)(F)F)NCc1cccnc1OCC(F)(F)F. The van der Waals surface area contributed by atoms with E-state index in [0.717, 1.165) is 0 Å². The number of nitrogens with zero attached hydrogens (tertiary/aromatic N) is 2. The van der Waals surface area contributed by atoms with E-state index in [2.05, 4.69) is 25.3 Å². The predicted octanol–water partition coefficient (Wildman–Crippen LogP) is 2.64. The van der Waals surface area contributed by atoms with E-state index in [4.69, 9.17) is 0 Å². The Labute approximate surface area is 134 Å². The number of hydrogen-bond donors (Lipinski definition) is 2. The molecule has 0 aliphatic heterocycles. The van der Waals surface area contributed by atoms with E-state index >= 15 is 0 Å². The lowest BCUT2D eigenvalue weighted by Crippen LogP contribution is -2.38. The average molecular weight is 358 g/mol. The Morgan fingerprint density at radius 3 is 2.46 bits per heavy atom. The molecule has 0 atom stereocenters. The van der Waals surface area contributed by atoms with E-state index in [1.54, 1.807) is 0 Å². The van der Waals surface area contributed by atoms with Gasteiger partial charge in [-0.1, -0.05) is 6.07 Å². The van der Waals surface area contributed by atoms with E-state index in [0.29, 0.717) is 5.56 Å². The number of rotatable bonds is 6. The van der Waals surface area contributed by atoms with Crippen LogP contribution in [-0.4, -0.2) is 43.5 Å². The summed E-state index contributed by atoms with van der Waals surface area (Å²) >= 11 is 0. The summed E-state index contributed by atoms with van der Waals surface area (Å²) < 4.78 is 77.4. The minimum absolute atomic E-state index is 0.0211. The molecule has 0 saturated carbocycles. The zero-order valence-corrected chi connectivity index (χ0v) is 12.6. The molecule has 1 heterocycles. The van der Waals surface area contributed by atoms with E-state index < -0.39 is 25.4 Å². The molecule has 136 valence electrons. The van der Waals surface area contributed by atoms with Gasteiger partial charge in [0.2, 0.25) is 5.88 Å². The van der Waals surface area contributed by atoms with E-state index in [1.807, 2.05) is 0 Å². The Morgan fingerprint density at radius 2 is 1.88 bits per heavy atom. The third-order valence-corrected chi connectivity index (χ3v) is 2.59. The first-order valence-electron chi connectivity index (χ1n) is 6.75. The predicted molar refractivity (Wildman–Crippen MR) is 74.7 cm³/mol. The lowest BCUT2D eigenvalue weighted by molar-refractivity contribution is -0.154. The average Bonchev–Trinajstić information content (AvgIpc) is 2.47. The van der Waals surface area contributed by atoms with Crippen molar-refractivity contribution in [1.29, 1.82) is 0 Å². The molecule has 0 bridgehead atoms. The summed E-state index contributed by atoms with van der Waals surface area (Å²) in [7, 11) is 1.35. The van der Waals surface area contributed by atoms with Gasteiger partial charge in [0, 0.05) is 31.9 Å². The third kappa shape index (κ3) is 8.44. The molecule has 0 aliphatic carbocycles. The van der Waals surface area contributed by atoms with Crippen molar-refractivity contribution < 1.29 is 31.1 Å². The molecule has 2 N–H and O–H groups in total. The maximum atomic E-state index is 12.2. The van der Waals surface area contributed by atoms with Crippen molar-refractivity contribution in [2.45, 2.75) is 25.3 Å². The van der Waals surface area contributed by atoms with Crippen molar-refractivity contribution in [3.05, 3.63) is 23.9 Å². The van der Waals surface area contributed by atoms with E-state index in [-0.39, 0.29) is 24.9 Å². The van der Waals surface area contributed by atoms with Gasteiger partial charge in [-0.2, -0.15) is 26.3 Å². The summed E-state index contributed by atoms with van der Waals surface area (Å²) in [5, 5.41) is 5.13. The number of halogens is 6. The molecule has 0 spiro atoms. The molecule has 0 amide bonds. The van der Waals surface area contributed by atoms with Crippen LogP contribution in [-0.2, 0) is 6.54 Å². The maximum Gasteiger partial charge on any atom is 0.422 e.